The average Bonchev–Trinajstić information content (AvgIpc) is 2.96. The van der Waals surface area contributed by atoms with Gasteiger partial charge in [0.25, 0.3) is 0 Å². The van der Waals surface area contributed by atoms with E-state index < -0.39 is 5.97 Å². The van der Waals surface area contributed by atoms with E-state index in [0.717, 1.165) is 16.5 Å². The summed E-state index contributed by atoms with van der Waals surface area (Å²) in [7, 11) is 1.85. The van der Waals surface area contributed by atoms with Gasteiger partial charge in [-0.1, -0.05) is 23.7 Å². The second kappa shape index (κ2) is 4.51. The van der Waals surface area contributed by atoms with Crippen LogP contribution in [0.1, 0.15) is 18.0 Å². The molecule has 1 aromatic carbocycles. The van der Waals surface area contributed by atoms with Crippen LogP contribution in [-0.2, 0) is 11.8 Å². The normalized spacial score (nSPS) is 23.1. The van der Waals surface area contributed by atoms with Crippen molar-refractivity contribution in [3.63, 3.8) is 0 Å². The number of carbonyl (C=O) groups is 1. The predicted molar refractivity (Wildman–Crippen MR) is 72.2 cm³/mol. The Kier molecular flexibility index (Phi) is 2.95. The highest BCUT2D eigenvalue weighted by atomic mass is 35.5. The van der Waals surface area contributed by atoms with Crippen LogP contribution in [0.5, 0.6) is 0 Å². The molecule has 2 aromatic rings. The van der Waals surface area contributed by atoms with Gasteiger partial charge in [0.05, 0.1) is 11.4 Å². The van der Waals surface area contributed by atoms with Gasteiger partial charge in [-0.2, -0.15) is 5.10 Å². The van der Waals surface area contributed by atoms with Crippen LogP contribution >= 0.6 is 11.6 Å². The first-order valence-corrected chi connectivity index (χ1v) is 6.53. The van der Waals surface area contributed by atoms with Gasteiger partial charge in [-0.3, -0.25) is 9.48 Å². The Morgan fingerprint density at radius 1 is 1.58 bits per heavy atom. The Labute approximate surface area is 115 Å². The first-order chi connectivity index (χ1) is 9.08. The number of rotatable bonds is 2. The summed E-state index contributed by atoms with van der Waals surface area (Å²) in [5.74, 6) is -1.09. The van der Waals surface area contributed by atoms with Gasteiger partial charge in [0.1, 0.15) is 0 Å². The fourth-order valence-electron chi connectivity index (χ4n) is 2.74. The minimum Gasteiger partial charge on any atom is -0.481 e. The maximum Gasteiger partial charge on any atom is 0.307 e. The van der Waals surface area contributed by atoms with E-state index in [4.69, 9.17) is 16.7 Å². The van der Waals surface area contributed by atoms with Crippen molar-refractivity contribution >= 4 is 28.5 Å². The molecule has 0 saturated carbocycles. The van der Waals surface area contributed by atoms with Gasteiger partial charge in [-0.05, 0) is 18.1 Å². The number of fused-ring (bicyclic) bond motifs is 1. The fraction of sp³-hybridized carbons (Fsp3) is 0.385. The number of nitrogens with one attached hydrogen (secondary N) is 1. The number of aryl methyl sites for hydroxylation is 1. The third-order valence-corrected chi connectivity index (χ3v) is 3.99. The molecule has 100 valence electrons. The van der Waals surface area contributed by atoms with Crippen molar-refractivity contribution in [3.8, 4) is 0 Å². The maximum atomic E-state index is 11.0. The molecular weight excluding hydrogens is 266 g/mol. The minimum absolute atomic E-state index is 0.0199. The number of carboxylic acids is 1. The molecule has 1 aromatic heterocycles. The lowest BCUT2D eigenvalue weighted by atomic mass is 9.97. The maximum absolute atomic E-state index is 11.0. The van der Waals surface area contributed by atoms with Crippen LogP contribution in [0.25, 0.3) is 10.9 Å². The summed E-state index contributed by atoms with van der Waals surface area (Å²) in [5.41, 5.74) is 1.99. The molecule has 0 radical (unpaired) electrons. The molecule has 0 spiro atoms. The molecule has 2 atom stereocenters. The van der Waals surface area contributed by atoms with Crippen molar-refractivity contribution in [2.24, 2.45) is 13.0 Å². The van der Waals surface area contributed by atoms with E-state index in [-0.39, 0.29) is 12.0 Å². The number of benzene rings is 1. The molecule has 1 aliphatic heterocycles. The van der Waals surface area contributed by atoms with Crippen molar-refractivity contribution in [1.29, 1.82) is 0 Å². The molecule has 2 heterocycles. The number of nitrogens with zero attached hydrogens (tertiary/aromatic N) is 2. The van der Waals surface area contributed by atoms with Crippen LogP contribution in [0, 0.1) is 5.92 Å². The van der Waals surface area contributed by atoms with Gasteiger partial charge in [0.15, 0.2) is 5.15 Å². The van der Waals surface area contributed by atoms with Crippen molar-refractivity contribution in [3.05, 3.63) is 28.9 Å². The molecule has 0 aliphatic carbocycles. The third-order valence-electron chi connectivity index (χ3n) is 3.72. The smallest absolute Gasteiger partial charge is 0.307 e. The van der Waals surface area contributed by atoms with Crippen LogP contribution in [0.4, 0.5) is 0 Å². The topological polar surface area (TPSA) is 67.2 Å². The van der Waals surface area contributed by atoms with Gasteiger partial charge in [-0.15, -0.1) is 0 Å². The summed E-state index contributed by atoms with van der Waals surface area (Å²) >= 11 is 6.18. The zero-order chi connectivity index (χ0) is 13.6. The van der Waals surface area contributed by atoms with Gasteiger partial charge in [0, 0.05) is 25.0 Å². The molecule has 1 saturated heterocycles. The zero-order valence-electron chi connectivity index (χ0n) is 10.4. The Morgan fingerprint density at radius 3 is 3.05 bits per heavy atom. The molecule has 1 fully saturated rings. The molecule has 0 amide bonds. The van der Waals surface area contributed by atoms with Gasteiger partial charge in [-0.25, -0.2) is 0 Å². The Bertz CT molecular complexity index is 653. The highest BCUT2D eigenvalue weighted by molar-refractivity contribution is 6.34. The number of hydrogen-bond donors (Lipinski definition) is 2. The van der Waals surface area contributed by atoms with Crippen LogP contribution < -0.4 is 5.32 Å². The van der Waals surface area contributed by atoms with E-state index in [1.165, 1.54) is 0 Å². The van der Waals surface area contributed by atoms with E-state index in [0.29, 0.717) is 18.1 Å². The summed E-state index contributed by atoms with van der Waals surface area (Å²) in [6.45, 7) is 0.494. The Balaban J connectivity index is 2.04. The summed E-state index contributed by atoms with van der Waals surface area (Å²) in [4.78, 5) is 11.0. The van der Waals surface area contributed by atoms with Crippen LogP contribution in [0.15, 0.2) is 18.2 Å². The second-order valence-electron chi connectivity index (χ2n) is 4.89. The van der Waals surface area contributed by atoms with Gasteiger partial charge >= 0.3 is 5.97 Å². The highest BCUT2D eigenvalue weighted by Crippen LogP contribution is 2.35. The van der Waals surface area contributed by atoms with Crippen LogP contribution in [0.2, 0.25) is 5.15 Å². The quantitative estimate of drug-likeness (QED) is 0.882. The molecule has 2 unspecified atom stereocenters. The van der Waals surface area contributed by atoms with Crippen molar-refractivity contribution < 1.29 is 9.90 Å². The molecule has 2 N–H and O–H groups in total. The van der Waals surface area contributed by atoms with Crippen LogP contribution in [0.3, 0.4) is 0 Å². The Hall–Kier alpha value is -1.59. The molecule has 5 nitrogen and oxygen atoms in total. The first-order valence-electron chi connectivity index (χ1n) is 6.15. The summed E-state index contributed by atoms with van der Waals surface area (Å²) < 4.78 is 1.74. The summed E-state index contributed by atoms with van der Waals surface area (Å²) in [5, 5.41) is 17.9. The van der Waals surface area contributed by atoms with Crippen molar-refractivity contribution in [2.45, 2.75) is 12.5 Å². The van der Waals surface area contributed by atoms with Crippen molar-refractivity contribution in [2.75, 3.05) is 6.54 Å². The number of halogens is 1. The number of carboxylic acid groups (broad SMARTS) is 1. The number of aromatic nitrogens is 2. The van der Waals surface area contributed by atoms with Gasteiger partial charge < -0.3 is 10.4 Å². The minimum atomic E-state index is -0.751. The molecule has 3 rings (SSSR count). The van der Waals surface area contributed by atoms with E-state index in [1.807, 2.05) is 25.2 Å². The molecular formula is C13H14ClN3O2. The number of aliphatic carboxylic acids is 1. The van der Waals surface area contributed by atoms with E-state index >= 15 is 0 Å². The molecule has 19 heavy (non-hydrogen) atoms. The lowest BCUT2D eigenvalue weighted by Crippen LogP contribution is -2.17. The fourth-order valence-corrected chi connectivity index (χ4v) is 3.06. The lowest BCUT2D eigenvalue weighted by molar-refractivity contribution is -0.141. The standard InChI is InChI=1S/C13H14ClN3O2/c1-17-10-4-2-3-8(11(10)12(14)16-17)9-5-7(6-15-9)13(18)19/h2-4,7,9,15H,5-6H2,1H3,(H,18,19). The molecule has 0 bridgehead atoms. The summed E-state index contributed by atoms with van der Waals surface area (Å²) in [6.07, 6.45) is 0.583. The van der Waals surface area contributed by atoms with E-state index in [1.54, 1.807) is 4.68 Å². The largest absolute Gasteiger partial charge is 0.481 e. The summed E-state index contributed by atoms with van der Waals surface area (Å²) in [6, 6.07) is 5.91. The molecule has 6 heteroatoms. The van der Waals surface area contributed by atoms with Crippen molar-refractivity contribution in [1.82, 2.24) is 15.1 Å². The van der Waals surface area contributed by atoms with Crippen LogP contribution in [-0.4, -0.2) is 27.4 Å². The average molecular weight is 280 g/mol. The Morgan fingerprint density at radius 2 is 2.37 bits per heavy atom. The SMILES string of the molecule is Cn1nc(Cl)c2c(C3CC(C(=O)O)CN3)cccc21. The lowest BCUT2D eigenvalue weighted by Gasteiger charge is -2.12. The van der Waals surface area contributed by atoms with E-state index in [9.17, 15) is 4.79 Å². The first kappa shape index (κ1) is 12.4. The second-order valence-corrected chi connectivity index (χ2v) is 5.25. The number of hydrogen-bond acceptors (Lipinski definition) is 3. The third kappa shape index (κ3) is 1.99. The van der Waals surface area contributed by atoms with Gasteiger partial charge in [0.2, 0.25) is 0 Å². The zero-order valence-corrected chi connectivity index (χ0v) is 11.2. The predicted octanol–water partition coefficient (Wildman–Crippen LogP) is 1.96. The van der Waals surface area contributed by atoms with E-state index in [2.05, 4.69) is 10.4 Å². The molecule has 1 aliphatic rings. The highest BCUT2D eigenvalue weighted by Gasteiger charge is 2.31. The monoisotopic (exact) mass is 279 g/mol.